The number of rotatable bonds is 6. The van der Waals surface area contributed by atoms with Gasteiger partial charge in [-0.1, -0.05) is 47.7 Å². The summed E-state index contributed by atoms with van der Waals surface area (Å²) in [5.41, 5.74) is 1.32. The van der Waals surface area contributed by atoms with Gasteiger partial charge in [-0.15, -0.1) is 6.58 Å². The van der Waals surface area contributed by atoms with Crippen molar-refractivity contribution in [1.82, 2.24) is 4.57 Å². The molecule has 27 heavy (non-hydrogen) atoms. The highest BCUT2D eigenvalue weighted by Crippen LogP contribution is 2.18. The summed E-state index contributed by atoms with van der Waals surface area (Å²) >= 11 is 1.13. The van der Waals surface area contributed by atoms with Gasteiger partial charge in [-0.3, -0.25) is 4.79 Å². The molecule has 3 aromatic rings. The van der Waals surface area contributed by atoms with Gasteiger partial charge in [0.15, 0.2) is 14.6 Å². The Morgan fingerprint density at radius 2 is 1.96 bits per heavy atom. The Balaban J connectivity index is 1.90. The second kappa shape index (κ2) is 7.98. The van der Waals surface area contributed by atoms with Gasteiger partial charge in [0.05, 0.1) is 16.0 Å². The van der Waals surface area contributed by atoms with Crippen LogP contribution in [-0.2, 0) is 26.9 Å². The van der Waals surface area contributed by atoms with Crippen molar-refractivity contribution in [3.63, 3.8) is 0 Å². The highest BCUT2D eigenvalue weighted by molar-refractivity contribution is 7.91. The van der Waals surface area contributed by atoms with Gasteiger partial charge < -0.3 is 4.57 Å². The Morgan fingerprint density at radius 1 is 1.22 bits per heavy atom. The van der Waals surface area contributed by atoms with Crippen molar-refractivity contribution in [2.75, 3.05) is 5.75 Å². The predicted molar refractivity (Wildman–Crippen MR) is 104 cm³/mol. The summed E-state index contributed by atoms with van der Waals surface area (Å²) in [5, 5.41) is 0. The van der Waals surface area contributed by atoms with Crippen LogP contribution in [0.2, 0.25) is 0 Å². The normalized spacial score (nSPS) is 12.4. The van der Waals surface area contributed by atoms with Gasteiger partial charge in [0.25, 0.3) is 5.91 Å². The van der Waals surface area contributed by atoms with Crippen molar-refractivity contribution in [3.05, 3.63) is 77.4 Å². The summed E-state index contributed by atoms with van der Waals surface area (Å²) in [5.74, 6) is -2.05. The molecule has 0 radical (unpaired) electrons. The first kappa shape index (κ1) is 19.2. The van der Waals surface area contributed by atoms with Crippen LogP contribution < -0.4 is 4.80 Å². The Hall–Kier alpha value is -2.58. The number of hydrogen-bond acceptors (Lipinski definition) is 4. The molecular weight excluding hydrogens is 387 g/mol. The third-order valence-corrected chi connectivity index (χ3v) is 6.25. The van der Waals surface area contributed by atoms with Gasteiger partial charge >= 0.3 is 0 Å². The second-order valence-corrected chi connectivity index (χ2v) is 8.99. The maximum absolute atomic E-state index is 13.5. The van der Waals surface area contributed by atoms with Crippen LogP contribution in [0.5, 0.6) is 0 Å². The van der Waals surface area contributed by atoms with E-state index in [1.54, 1.807) is 47.0 Å². The molecule has 3 rings (SSSR count). The van der Waals surface area contributed by atoms with Gasteiger partial charge in [0.2, 0.25) is 0 Å². The van der Waals surface area contributed by atoms with Crippen molar-refractivity contribution in [1.29, 1.82) is 0 Å². The Kier molecular flexibility index (Phi) is 5.67. The average molecular weight is 404 g/mol. The second-order valence-electron chi connectivity index (χ2n) is 5.92. The molecule has 0 atom stereocenters. The first-order valence-electron chi connectivity index (χ1n) is 8.10. The van der Waals surface area contributed by atoms with E-state index in [9.17, 15) is 17.6 Å². The lowest BCUT2D eigenvalue weighted by atomic mass is 10.2. The lowest BCUT2D eigenvalue weighted by Crippen LogP contribution is -2.21. The number of halogens is 1. The molecular formula is C19H17FN2O3S2. The number of allylic oxidation sites excluding steroid dienone is 1. The fourth-order valence-electron chi connectivity index (χ4n) is 2.64. The SMILES string of the molecule is C=CCn1c(=NC(=O)CS(=O)(=O)Cc2ccccc2)sc2cc(F)ccc21. The number of sulfone groups is 1. The zero-order valence-corrected chi connectivity index (χ0v) is 16.0. The van der Waals surface area contributed by atoms with Crippen molar-refractivity contribution >= 4 is 37.3 Å². The summed E-state index contributed by atoms with van der Waals surface area (Å²) < 4.78 is 40.3. The number of carbonyl (C=O) groups excluding carboxylic acids is 1. The average Bonchev–Trinajstić information content (AvgIpc) is 2.91. The van der Waals surface area contributed by atoms with E-state index >= 15 is 0 Å². The molecule has 0 bridgehead atoms. The first-order chi connectivity index (χ1) is 12.9. The number of carbonyl (C=O) groups is 1. The molecule has 2 aromatic carbocycles. The van der Waals surface area contributed by atoms with Gasteiger partial charge in [-0.2, -0.15) is 4.99 Å². The molecule has 0 saturated heterocycles. The molecule has 1 amide bonds. The number of aromatic nitrogens is 1. The van der Waals surface area contributed by atoms with E-state index in [2.05, 4.69) is 11.6 Å². The third kappa shape index (κ3) is 4.78. The lowest BCUT2D eigenvalue weighted by molar-refractivity contribution is -0.115. The van der Waals surface area contributed by atoms with Crippen molar-refractivity contribution in [3.8, 4) is 0 Å². The number of amides is 1. The van der Waals surface area contributed by atoms with Gasteiger partial charge in [0, 0.05) is 6.54 Å². The predicted octanol–water partition coefficient (Wildman–Crippen LogP) is 3.07. The molecule has 0 aliphatic heterocycles. The fourth-order valence-corrected chi connectivity index (χ4v) is 4.97. The molecule has 0 fully saturated rings. The number of thiazole rings is 1. The quantitative estimate of drug-likeness (QED) is 0.593. The van der Waals surface area contributed by atoms with Gasteiger partial charge in [-0.05, 0) is 23.8 Å². The number of benzene rings is 2. The van der Waals surface area contributed by atoms with E-state index in [-0.39, 0.29) is 5.75 Å². The summed E-state index contributed by atoms with van der Waals surface area (Å²) in [6, 6.07) is 12.9. The Bertz CT molecular complexity index is 1160. The molecule has 140 valence electrons. The van der Waals surface area contributed by atoms with E-state index in [0.717, 1.165) is 11.3 Å². The minimum absolute atomic E-state index is 0.223. The lowest BCUT2D eigenvalue weighted by Gasteiger charge is -2.02. The molecule has 0 N–H and O–H groups in total. The summed E-state index contributed by atoms with van der Waals surface area (Å²) in [6.07, 6.45) is 1.63. The van der Waals surface area contributed by atoms with Crippen LogP contribution in [0.1, 0.15) is 5.56 Å². The largest absolute Gasteiger partial charge is 0.313 e. The number of nitrogens with zero attached hydrogens (tertiary/aromatic N) is 2. The first-order valence-corrected chi connectivity index (χ1v) is 10.7. The smallest absolute Gasteiger partial charge is 0.263 e. The molecule has 0 aliphatic rings. The van der Waals surface area contributed by atoms with Crippen molar-refractivity contribution < 1.29 is 17.6 Å². The van der Waals surface area contributed by atoms with E-state index in [1.165, 1.54) is 12.1 Å². The van der Waals surface area contributed by atoms with Crippen LogP contribution in [0.4, 0.5) is 4.39 Å². The maximum atomic E-state index is 13.5. The Morgan fingerprint density at radius 3 is 2.67 bits per heavy atom. The van der Waals surface area contributed by atoms with Gasteiger partial charge in [-0.25, -0.2) is 12.8 Å². The molecule has 0 saturated carbocycles. The molecule has 0 spiro atoms. The highest BCUT2D eigenvalue weighted by Gasteiger charge is 2.17. The van der Waals surface area contributed by atoms with Crippen LogP contribution in [0.3, 0.4) is 0 Å². The summed E-state index contributed by atoms with van der Waals surface area (Å²) in [6.45, 7) is 4.04. The molecule has 1 aromatic heterocycles. The van der Waals surface area contributed by atoms with Crippen LogP contribution in [-0.4, -0.2) is 24.6 Å². The monoisotopic (exact) mass is 404 g/mol. The zero-order valence-electron chi connectivity index (χ0n) is 14.3. The fraction of sp³-hybridized carbons (Fsp3) is 0.158. The van der Waals surface area contributed by atoms with Crippen LogP contribution in [0, 0.1) is 5.82 Å². The summed E-state index contributed by atoms with van der Waals surface area (Å²) in [7, 11) is -3.64. The minimum Gasteiger partial charge on any atom is -0.313 e. The van der Waals surface area contributed by atoms with Crippen LogP contribution in [0.25, 0.3) is 10.2 Å². The molecule has 0 aliphatic carbocycles. The van der Waals surface area contributed by atoms with Crippen molar-refractivity contribution in [2.24, 2.45) is 4.99 Å². The summed E-state index contributed by atoms with van der Waals surface area (Å²) in [4.78, 5) is 16.5. The van der Waals surface area contributed by atoms with Crippen molar-refractivity contribution in [2.45, 2.75) is 12.3 Å². The number of fused-ring (bicyclic) bond motifs is 1. The third-order valence-electron chi connectivity index (χ3n) is 3.75. The molecule has 0 unspecified atom stereocenters. The van der Waals surface area contributed by atoms with E-state index in [0.29, 0.717) is 27.1 Å². The van der Waals surface area contributed by atoms with Crippen LogP contribution in [0.15, 0.2) is 66.2 Å². The van der Waals surface area contributed by atoms with Crippen LogP contribution >= 0.6 is 11.3 Å². The molecule has 5 nitrogen and oxygen atoms in total. The zero-order chi connectivity index (χ0) is 19.4. The highest BCUT2D eigenvalue weighted by atomic mass is 32.2. The minimum atomic E-state index is -3.64. The maximum Gasteiger partial charge on any atom is 0.263 e. The Labute approximate surface area is 160 Å². The van der Waals surface area contributed by atoms with E-state index in [4.69, 9.17) is 0 Å². The van der Waals surface area contributed by atoms with E-state index in [1.807, 2.05) is 0 Å². The number of hydrogen-bond donors (Lipinski definition) is 0. The van der Waals surface area contributed by atoms with Gasteiger partial charge in [0.1, 0.15) is 11.6 Å². The molecule has 1 heterocycles. The standard InChI is InChI=1S/C19H17FN2O3S2/c1-2-10-22-16-9-8-15(20)11-17(16)26-19(22)21-18(23)13-27(24,25)12-14-6-4-3-5-7-14/h2-9,11H,1,10,12-13H2. The topological polar surface area (TPSA) is 68.5 Å². The van der Waals surface area contributed by atoms with E-state index < -0.39 is 27.3 Å². The molecule has 8 heteroatoms.